The summed E-state index contributed by atoms with van der Waals surface area (Å²) in [6, 6.07) is 7.86. The van der Waals surface area contributed by atoms with Gasteiger partial charge in [-0.05, 0) is 37.1 Å². The molecule has 0 spiro atoms. The van der Waals surface area contributed by atoms with E-state index < -0.39 is 11.7 Å². The van der Waals surface area contributed by atoms with Crippen LogP contribution in [0.15, 0.2) is 30.3 Å². The van der Waals surface area contributed by atoms with Gasteiger partial charge in [-0.25, -0.2) is 14.1 Å². The smallest absolute Gasteiger partial charge is 0.267 e. The number of benzene rings is 1. The van der Waals surface area contributed by atoms with Crippen molar-refractivity contribution in [1.29, 1.82) is 0 Å². The van der Waals surface area contributed by atoms with Crippen LogP contribution < -0.4 is 5.73 Å². The maximum absolute atomic E-state index is 13.9. The molecule has 1 aromatic carbocycles. The molecule has 128 valence electrons. The predicted octanol–water partition coefficient (Wildman–Crippen LogP) is 3.97. The molecule has 1 saturated carbocycles. The minimum absolute atomic E-state index is 0.0605. The van der Waals surface area contributed by atoms with Gasteiger partial charge in [0, 0.05) is 12.0 Å². The summed E-state index contributed by atoms with van der Waals surface area (Å²) in [5.74, 6) is -0.798. The largest absolute Gasteiger partial charge is 0.364 e. The van der Waals surface area contributed by atoms with Gasteiger partial charge in [0.15, 0.2) is 0 Å². The molecule has 0 radical (unpaired) electrons. The number of aromatic nitrogens is 3. The van der Waals surface area contributed by atoms with E-state index in [1.165, 1.54) is 12.1 Å². The predicted molar refractivity (Wildman–Crippen MR) is 93.6 cm³/mol. The van der Waals surface area contributed by atoms with E-state index in [0.717, 1.165) is 31.4 Å². The lowest BCUT2D eigenvalue weighted by atomic mass is 10.0. The van der Waals surface area contributed by atoms with E-state index in [-0.39, 0.29) is 16.6 Å². The fourth-order valence-electron chi connectivity index (χ4n) is 3.45. The summed E-state index contributed by atoms with van der Waals surface area (Å²) < 4.78 is 15.5. The molecule has 1 fully saturated rings. The number of nitrogens with two attached hydrogens (primary N) is 1. The van der Waals surface area contributed by atoms with Gasteiger partial charge in [-0.3, -0.25) is 4.79 Å². The molecule has 0 unspecified atom stereocenters. The fourth-order valence-corrected chi connectivity index (χ4v) is 3.56. The van der Waals surface area contributed by atoms with Crippen molar-refractivity contribution >= 4 is 28.5 Å². The number of hydrogen-bond acceptors (Lipinski definition) is 3. The lowest BCUT2D eigenvalue weighted by molar-refractivity contribution is 0.0996. The first-order chi connectivity index (χ1) is 12.0. The summed E-state index contributed by atoms with van der Waals surface area (Å²) in [5, 5.41) is 4.77. The van der Waals surface area contributed by atoms with Crippen LogP contribution in [0.3, 0.4) is 0 Å². The zero-order chi connectivity index (χ0) is 17.6. The van der Waals surface area contributed by atoms with Crippen molar-refractivity contribution in [3.05, 3.63) is 52.6 Å². The molecule has 0 atom stereocenters. The standard InChI is InChI=1S/C18H16ClFN4O/c19-12-6-5-11(9-13(12)20)24-15-8-7-14(18(21)25)22-17(15)16(23-24)10-3-1-2-4-10/h5-10H,1-4H2,(H2,21,25). The molecule has 2 heterocycles. The van der Waals surface area contributed by atoms with Crippen LogP contribution in [0.25, 0.3) is 16.7 Å². The number of carbonyl (C=O) groups is 1. The van der Waals surface area contributed by atoms with Crippen LogP contribution in [-0.2, 0) is 0 Å². The first-order valence-corrected chi connectivity index (χ1v) is 8.57. The second-order valence-corrected chi connectivity index (χ2v) is 6.71. The van der Waals surface area contributed by atoms with Crippen LogP contribution in [0.4, 0.5) is 4.39 Å². The Labute approximate surface area is 148 Å². The van der Waals surface area contributed by atoms with E-state index in [4.69, 9.17) is 22.4 Å². The number of primary amides is 1. The SMILES string of the molecule is NC(=O)c1ccc2c(n1)c(C1CCCC1)nn2-c1ccc(Cl)c(F)c1. The van der Waals surface area contributed by atoms with E-state index in [1.54, 1.807) is 22.9 Å². The number of pyridine rings is 1. The molecule has 2 N–H and O–H groups in total. The van der Waals surface area contributed by atoms with Crippen molar-refractivity contribution in [3.8, 4) is 5.69 Å². The molecule has 2 aromatic heterocycles. The third-order valence-corrected chi connectivity index (χ3v) is 5.00. The van der Waals surface area contributed by atoms with Crippen LogP contribution in [0.5, 0.6) is 0 Å². The summed E-state index contributed by atoms with van der Waals surface area (Å²) in [5.41, 5.74) is 8.34. The van der Waals surface area contributed by atoms with Gasteiger partial charge in [-0.15, -0.1) is 0 Å². The Balaban J connectivity index is 1.94. The maximum atomic E-state index is 13.9. The Kier molecular flexibility index (Phi) is 3.92. The maximum Gasteiger partial charge on any atom is 0.267 e. The first-order valence-electron chi connectivity index (χ1n) is 8.19. The first kappa shape index (κ1) is 16.0. The lowest BCUT2D eigenvalue weighted by Gasteiger charge is -2.05. The summed E-state index contributed by atoms with van der Waals surface area (Å²) in [7, 11) is 0. The van der Waals surface area contributed by atoms with Crippen LogP contribution in [0.1, 0.15) is 47.8 Å². The Morgan fingerprint density at radius 1 is 1.24 bits per heavy atom. The Bertz CT molecular complexity index is 979. The highest BCUT2D eigenvalue weighted by Gasteiger charge is 2.25. The Hall–Kier alpha value is -2.47. The van der Waals surface area contributed by atoms with Gasteiger partial charge in [0.05, 0.1) is 21.9 Å². The van der Waals surface area contributed by atoms with E-state index in [2.05, 4.69) is 4.98 Å². The number of halogens is 2. The third-order valence-electron chi connectivity index (χ3n) is 4.69. The van der Waals surface area contributed by atoms with Crippen LogP contribution in [-0.4, -0.2) is 20.7 Å². The third kappa shape index (κ3) is 2.76. The lowest BCUT2D eigenvalue weighted by Crippen LogP contribution is -2.13. The molecule has 1 aliphatic carbocycles. The highest BCUT2D eigenvalue weighted by molar-refractivity contribution is 6.30. The van der Waals surface area contributed by atoms with Crippen molar-refractivity contribution in [2.45, 2.75) is 31.6 Å². The highest BCUT2D eigenvalue weighted by atomic mass is 35.5. The minimum atomic E-state index is -0.579. The van der Waals surface area contributed by atoms with Gasteiger partial charge in [-0.1, -0.05) is 24.4 Å². The van der Waals surface area contributed by atoms with Crippen molar-refractivity contribution in [1.82, 2.24) is 14.8 Å². The summed E-state index contributed by atoms with van der Waals surface area (Å²) in [6.45, 7) is 0. The fraction of sp³-hybridized carbons (Fsp3) is 0.278. The molecule has 25 heavy (non-hydrogen) atoms. The van der Waals surface area contributed by atoms with Gasteiger partial charge >= 0.3 is 0 Å². The second-order valence-electron chi connectivity index (χ2n) is 6.31. The average molecular weight is 359 g/mol. The summed E-state index contributed by atoms with van der Waals surface area (Å²) in [4.78, 5) is 15.9. The topological polar surface area (TPSA) is 73.8 Å². The van der Waals surface area contributed by atoms with Gasteiger partial charge in [0.25, 0.3) is 5.91 Å². The zero-order valence-corrected chi connectivity index (χ0v) is 14.1. The second kappa shape index (κ2) is 6.11. The molecule has 1 aliphatic rings. The number of fused-ring (bicyclic) bond motifs is 1. The monoisotopic (exact) mass is 358 g/mol. The van der Waals surface area contributed by atoms with Gasteiger partial charge < -0.3 is 5.73 Å². The van der Waals surface area contributed by atoms with Gasteiger partial charge in [0.1, 0.15) is 17.0 Å². The Morgan fingerprint density at radius 2 is 2.00 bits per heavy atom. The van der Waals surface area contributed by atoms with Gasteiger partial charge in [-0.2, -0.15) is 5.10 Å². The van der Waals surface area contributed by atoms with Crippen LogP contribution in [0.2, 0.25) is 5.02 Å². The van der Waals surface area contributed by atoms with E-state index in [0.29, 0.717) is 16.7 Å². The van der Waals surface area contributed by atoms with E-state index >= 15 is 0 Å². The molecule has 3 aromatic rings. The van der Waals surface area contributed by atoms with E-state index in [9.17, 15) is 9.18 Å². The number of amides is 1. The number of nitrogens with zero attached hydrogens (tertiary/aromatic N) is 3. The van der Waals surface area contributed by atoms with Crippen molar-refractivity contribution in [2.75, 3.05) is 0 Å². The molecule has 0 saturated heterocycles. The molecular formula is C18H16ClFN4O. The van der Waals surface area contributed by atoms with E-state index in [1.807, 2.05) is 0 Å². The van der Waals surface area contributed by atoms with Crippen molar-refractivity contribution in [2.24, 2.45) is 5.73 Å². The quantitative estimate of drug-likeness (QED) is 0.769. The van der Waals surface area contributed by atoms with Crippen LogP contribution in [0, 0.1) is 5.82 Å². The highest BCUT2D eigenvalue weighted by Crippen LogP contribution is 2.37. The molecular weight excluding hydrogens is 343 g/mol. The number of hydrogen-bond donors (Lipinski definition) is 1. The molecule has 7 heteroatoms. The number of rotatable bonds is 3. The molecule has 0 bridgehead atoms. The molecule has 1 amide bonds. The minimum Gasteiger partial charge on any atom is -0.364 e. The zero-order valence-electron chi connectivity index (χ0n) is 13.4. The Morgan fingerprint density at radius 3 is 2.68 bits per heavy atom. The molecule has 0 aliphatic heterocycles. The molecule has 5 nitrogen and oxygen atoms in total. The molecule has 4 rings (SSSR count). The van der Waals surface area contributed by atoms with Crippen molar-refractivity contribution in [3.63, 3.8) is 0 Å². The summed E-state index contributed by atoms with van der Waals surface area (Å²) in [6.07, 6.45) is 4.35. The summed E-state index contributed by atoms with van der Waals surface area (Å²) >= 11 is 5.78. The number of carbonyl (C=O) groups excluding carboxylic acids is 1. The van der Waals surface area contributed by atoms with Crippen molar-refractivity contribution < 1.29 is 9.18 Å². The van der Waals surface area contributed by atoms with Crippen LogP contribution >= 0.6 is 11.6 Å². The average Bonchev–Trinajstić information content (AvgIpc) is 3.24. The normalized spacial score (nSPS) is 15.1. The van der Waals surface area contributed by atoms with Gasteiger partial charge in [0.2, 0.25) is 0 Å².